The maximum atomic E-state index is 12.9. The first kappa shape index (κ1) is 20.7. The fourth-order valence-corrected chi connectivity index (χ4v) is 3.95. The van der Waals surface area contributed by atoms with Gasteiger partial charge in [0, 0.05) is 18.3 Å². The summed E-state index contributed by atoms with van der Waals surface area (Å²) in [7, 11) is -3.60. The second kappa shape index (κ2) is 9.36. The highest BCUT2D eigenvalue weighted by Gasteiger charge is 2.27. The van der Waals surface area contributed by atoms with Gasteiger partial charge < -0.3 is 9.05 Å². The van der Waals surface area contributed by atoms with Crippen LogP contribution in [0.5, 0.6) is 0 Å². The van der Waals surface area contributed by atoms with Gasteiger partial charge in [0.2, 0.25) is 0 Å². The lowest BCUT2D eigenvalue weighted by atomic mass is 10.2. The predicted octanol–water partition coefficient (Wildman–Crippen LogP) is 4.84. The zero-order chi connectivity index (χ0) is 19.9. The van der Waals surface area contributed by atoms with E-state index in [1.165, 1.54) is 36.4 Å². The molecule has 9 nitrogen and oxygen atoms in total. The van der Waals surface area contributed by atoms with Gasteiger partial charge in [0.25, 0.3) is 11.4 Å². The molecule has 10 heteroatoms. The molecule has 27 heavy (non-hydrogen) atoms. The van der Waals surface area contributed by atoms with Gasteiger partial charge in [-0.2, -0.15) is 0 Å². The average Bonchev–Trinajstić information content (AvgIpc) is 2.65. The van der Waals surface area contributed by atoms with Gasteiger partial charge in [-0.3, -0.25) is 24.8 Å². The van der Waals surface area contributed by atoms with Crippen LogP contribution in [0.2, 0.25) is 0 Å². The zero-order valence-electron chi connectivity index (χ0n) is 14.6. The van der Waals surface area contributed by atoms with E-state index in [-0.39, 0.29) is 41.9 Å². The van der Waals surface area contributed by atoms with Crippen LogP contribution in [0.3, 0.4) is 0 Å². The van der Waals surface area contributed by atoms with Crippen molar-refractivity contribution >= 4 is 19.0 Å². The normalized spacial score (nSPS) is 11.3. The summed E-state index contributed by atoms with van der Waals surface area (Å²) in [5, 5.41) is 22.1. The molecule has 2 rings (SSSR count). The molecule has 0 saturated heterocycles. The molecule has 0 N–H and O–H groups in total. The van der Waals surface area contributed by atoms with Crippen molar-refractivity contribution in [3.63, 3.8) is 0 Å². The van der Waals surface area contributed by atoms with E-state index in [0.29, 0.717) is 6.42 Å². The number of nitro groups is 2. The molecule has 0 spiro atoms. The fourth-order valence-electron chi connectivity index (χ4n) is 2.40. The summed E-state index contributed by atoms with van der Waals surface area (Å²) in [6.45, 7) is 1.27. The molecule has 0 fully saturated rings. The van der Waals surface area contributed by atoms with Crippen LogP contribution in [0, 0.1) is 20.2 Å². The Morgan fingerprint density at radius 2 is 1.26 bits per heavy atom. The standard InChI is InChI=1S/C17H19N2O7P/c1-2-11-27(24,25-12-14-7-3-5-9-16(14)18(20)21)26-13-15-8-4-6-10-17(15)19(22)23/h3-10H,2,11-13H2,1H3. The van der Waals surface area contributed by atoms with E-state index in [2.05, 4.69) is 0 Å². The summed E-state index contributed by atoms with van der Waals surface area (Å²) in [5.74, 6) is 0. The van der Waals surface area contributed by atoms with Gasteiger partial charge in [-0.05, 0) is 18.6 Å². The van der Waals surface area contributed by atoms with Crippen molar-refractivity contribution in [2.24, 2.45) is 0 Å². The predicted molar refractivity (Wildman–Crippen MR) is 98.5 cm³/mol. The first-order valence-electron chi connectivity index (χ1n) is 8.19. The molecule has 0 unspecified atom stereocenters. The topological polar surface area (TPSA) is 122 Å². The minimum Gasteiger partial charge on any atom is -0.303 e. The molecular weight excluding hydrogens is 375 g/mol. The number of nitrogens with zero attached hydrogens (tertiary/aromatic N) is 2. The van der Waals surface area contributed by atoms with Crippen LogP contribution < -0.4 is 0 Å². The van der Waals surface area contributed by atoms with Crippen LogP contribution in [-0.4, -0.2) is 16.0 Å². The van der Waals surface area contributed by atoms with Crippen molar-refractivity contribution in [1.82, 2.24) is 0 Å². The van der Waals surface area contributed by atoms with Gasteiger partial charge >= 0.3 is 7.60 Å². The lowest BCUT2D eigenvalue weighted by Gasteiger charge is -2.18. The Hall–Kier alpha value is -2.61. The summed E-state index contributed by atoms with van der Waals surface area (Å²) < 4.78 is 23.8. The summed E-state index contributed by atoms with van der Waals surface area (Å²) in [6, 6.07) is 12.0. The van der Waals surface area contributed by atoms with Crippen molar-refractivity contribution < 1.29 is 23.5 Å². The van der Waals surface area contributed by atoms with Crippen LogP contribution in [0.4, 0.5) is 11.4 Å². The number of hydrogen-bond donors (Lipinski definition) is 0. The summed E-state index contributed by atoms with van der Waals surface area (Å²) in [4.78, 5) is 21.1. The zero-order valence-corrected chi connectivity index (χ0v) is 15.5. The van der Waals surface area contributed by atoms with Gasteiger partial charge in [-0.1, -0.05) is 31.2 Å². The number of rotatable bonds is 10. The van der Waals surface area contributed by atoms with Crippen molar-refractivity contribution in [3.8, 4) is 0 Å². The van der Waals surface area contributed by atoms with Gasteiger partial charge in [-0.25, -0.2) is 0 Å². The highest BCUT2D eigenvalue weighted by molar-refractivity contribution is 7.53. The molecule has 0 heterocycles. The molecule has 0 amide bonds. The molecule has 0 bridgehead atoms. The minimum absolute atomic E-state index is 0.0915. The molecule has 2 aromatic carbocycles. The lowest BCUT2D eigenvalue weighted by molar-refractivity contribution is -0.385. The first-order chi connectivity index (χ1) is 12.9. The molecule has 0 atom stereocenters. The molecule has 0 saturated carbocycles. The average molecular weight is 394 g/mol. The Morgan fingerprint density at radius 1 is 0.852 bits per heavy atom. The molecule has 0 aromatic heterocycles. The van der Waals surface area contributed by atoms with Gasteiger partial charge in [0.05, 0.1) is 34.2 Å². The SMILES string of the molecule is CCCP(=O)(OCc1ccccc1[N+](=O)[O-])OCc1ccccc1[N+](=O)[O-]. The monoisotopic (exact) mass is 394 g/mol. The number of benzene rings is 2. The van der Waals surface area contributed by atoms with E-state index < -0.39 is 17.4 Å². The minimum atomic E-state index is -3.60. The van der Waals surface area contributed by atoms with Crippen LogP contribution >= 0.6 is 7.60 Å². The Labute approximate surface area is 155 Å². The second-order valence-corrected chi connectivity index (χ2v) is 7.84. The van der Waals surface area contributed by atoms with Gasteiger partial charge in [-0.15, -0.1) is 0 Å². The maximum Gasteiger partial charge on any atom is 0.331 e. The third kappa shape index (κ3) is 5.68. The van der Waals surface area contributed by atoms with Gasteiger partial charge in [0.1, 0.15) is 0 Å². The number of nitro benzene ring substituents is 2. The van der Waals surface area contributed by atoms with E-state index in [1.54, 1.807) is 19.1 Å². The van der Waals surface area contributed by atoms with Crippen molar-refractivity contribution in [1.29, 1.82) is 0 Å². The van der Waals surface area contributed by atoms with E-state index in [4.69, 9.17) is 9.05 Å². The molecule has 0 aliphatic heterocycles. The van der Waals surface area contributed by atoms with E-state index in [9.17, 15) is 24.8 Å². The smallest absolute Gasteiger partial charge is 0.303 e. The quantitative estimate of drug-likeness (QED) is 0.321. The van der Waals surface area contributed by atoms with Crippen molar-refractivity contribution in [2.75, 3.05) is 6.16 Å². The number of hydrogen-bond acceptors (Lipinski definition) is 7. The van der Waals surface area contributed by atoms with E-state index in [0.717, 1.165) is 0 Å². The van der Waals surface area contributed by atoms with Crippen LogP contribution in [0.1, 0.15) is 24.5 Å². The first-order valence-corrected chi connectivity index (χ1v) is 9.92. The van der Waals surface area contributed by atoms with Crippen LogP contribution in [0.25, 0.3) is 0 Å². The Balaban J connectivity index is 2.13. The third-order valence-electron chi connectivity index (χ3n) is 3.71. The molecule has 0 radical (unpaired) electrons. The third-order valence-corrected chi connectivity index (χ3v) is 5.75. The molecule has 0 aliphatic rings. The van der Waals surface area contributed by atoms with E-state index >= 15 is 0 Å². The Morgan fingerprint density at radius 3 is 1.63 bits per heavy atom. The summed E-state index contributed by atoms with van der Waals surface area (Å²) >= 11 is 0. The summed E-state index contributed by atoms with van der Waals surface area (Å²) in [5.41, 5.74) is 0.264. The highest BCUT2D eigenvalue weighted by Crippen LogP contribution is 2.50. The largest absolute Gasteiger partial charge is 0.331 e. The maximum absolute atomic E-state index is 12.9. The van der Waals surface area contributed by atoms with Gasteiger partial charge in [0.15, 0.2) is 0 Å². The Bertz CT molecular complexity index is 806. The van der Waals surface area contributed by atoms with E-state index in [1.807, 2.05) is 0 Å². The Kier molecular flexibility index (Phi) is 7.18. The van der Waals surface area contributed by atoms with Crippen molar-refractivity contribution in [3.05, 3.63) is 79.9 Å². The second-order valence-electron chi connectivity index (χ2n) is 5.65. The number of para-hydroxylation sites is 2. The molecule has 2 aromatic rings. The van der Waals surface area contributed by atoms with Crippen LogP contribution in [0.15, 0.2) is 48.5 Å². The summed E-state index contributed by atoms with van der Waals surface area (Å²) in [6.07, 6.45) is 0.583. The molecule has 144 valence electrons. The fraction of sp³-hybridized carbons (Fsp3) is 0.294. The highest BCUT2D eigenvalue weighted by atomic mass is 31.2. The van der Waals surface area contributed by atoms with Crippen LogP contribution in [-0.2, 0) is 26.8 Å². The molecule has 0 aliphatic carbocycles. The lowest BCUT2D eigenvalue weighted by Crippen LogP contribution is -2.04. The van der Waals surface area contributed by atoms with Crippen molar-refractivity contribution in [2.45, 2.75) is 26.6 Å². The molecular formula is C17H19N2O7P.